The summed E-state index contributed by atoms with van der Waals surface area (Å²) < 4.78 is 0. The Labute approximate surface area is 145 Å². The van der Waals surface area contributed by atoms with E-state index in [4.69, 9.17) is 10.1 Å². The summed E-state index contributed by atoms with van der Waals surface area (Å²) in [6.07, 6.45) is 3.03. The molecule has 3 heterocycles. The summed E-state index contributed by atoms with van der Waals surface area (Å²) in [5.74, 6) is 1.47. The fraction of sp³-hybridized carbons (Fsp3) is 0.562. The van der Waals surface area contributed by atoms with Gasteiger partial charge in [0.2, 0.25) is 12.4 Å². The molecule has 130 valence electrons. The van der Waals surface area contributed by atoms with Crippen molar-refractivity contribution in [3.8, 4) is 0 Å². The topological polar surface area (TPSA) is 81.6 Å². The first kappa shape index (κ1) is 16.9. The molecule has 0 aromatic carbocycles. The first-order valence-corrected chi connectivity index (χ1v) is 9.16. The van der Waals surface area contributed by atoms with Crippen molar-refractivity contribution in [1.82, 2.24) is 14.9 Å². The summed E-state index contributed by atoms with van der Waals surface area (Å²) in [5.41, 5.74) is 0. The Morgan fingerprint density at radius 3 is 2.79 bits per heavy atom. The predicted octanol–water partition coefficient (Wildman–Crippen LogP) is 1.33. The quantitative estimate of drug-likeness (QED) is 0.734. The summed E-state index contributed by atoms with van der Waals surface area (Å²) in [6, 6.07) is 2.15. The fourth-order valence-corrected chi connectivity index (χ4v) is 3.93. The fourth-order valence-electron chi connectivity index (χ4n) is 2.81. The molecule has 0 aliphatic carbocycles. The highest BCUT2D eigenvalue weighted by Crippen LogP contribution is 2.31. The number of aliphatic hydroxyl groups excluding tert-OH is 1. The zero-order chi connectivity index (χ0) is 16.9. The van der Waals surface area contributed by atoms with Crippen LogP contribution in [0.5, 0.6) is 0 Å². The van der Waals surface area contributed by atoms with Crippen molar-refractivity contribution in [2.24, 2.45) is 0 Å². The molecule has 2 aromatic heterocycles. The van der Waals surface area contributed by atoms with E-state index >= 15 is 0 Å². The molecule has 8 heteroatoms. The van der Waals surface area contributed by atoms with Gasteiger partial charge in [0.15, 0.2) is 0 Å². The van der Waals surface area contributed by atoms with Crippen molar-refractivity contribution in [3.05, 3.63) is 10.9 Å². The van der Waals surface area contributed by atoms with Gasteiger partial charge >= 0.3 is 0 Å². The molecule has 3 rings (SSSR count). The Balaban J connectivity index is 1.91. The van der Waals surface area contributed by atoms with Crippen LogP contribution in [0.25, 0.3) is 10.2 Å². The molecule has 0 saturated carbocycles. The van der Waals surface area contributed by atoms with E-state index in [1.807, 2.05) is 0 Å². The van der Waals surface area contributed by atoms with E-state index in [1.54, 1.807) is 16.2 Å². The van der Waals surface area contributed by atoms with Gasteiger partial charge in [-0.15, -0.1) is 11.3 Å². The molecule has 1 amide bonds. The molecule has 1 saturated heterocycles. The number of carbonyl (C=O) groups excluding carboxylic acids is 1. The third-order valence-electron chi connectivity index (χ3n) is 4.08. The molecular formula is C16H23N5O2S. The van der Waals surface area contributed by atoms with E-state index < -0.39 is 0 Å². The van der Waals surface area contributed by atoms with Gasteiger partial charge in [-0.25, -0.2) is 4.98 Å². The van der Waals surface area contributed by atoms with E-state index in [0.717, 1.165) is 48.4 Å². The number of hydrogen-bond acceptors (Lipinski definition) is 7. The van der Waals surface area contributed by atoms with Gasteiger partial charge in [0.25, 0.3) is 0 Å². The SMILES string of the molecule is CCCc1cc2c(NCCO)nc(N3CCN(C=O)CC3)nc2s1. The van der Waals surface area contributed by atoms with Crippen LogP contribution in [-0.4, -0.2) is 65.7 Å². The number of carbonyl (C=O) groups is 1. The van der Waals surface area contributed by atoms with Crippen LogP contribution in [-0.2, 0) is 11.2 Å². The Hall–Kier alpha value is -1.93. The van der Waals surface area contributed by atoms with Gasteiger partial charge in [0, 0.05) is 37.6 Å². The van der Waals surface area contributed by atoms with Crippen molar-refractivity contribution in [3.63, 3.8) is 0 Å². The number of piperazine rings is 1. The molecule has 0 atom stereocenters. The lowest BCUT2D eigenvalue weighted by Gasteiger charge is -2.32. The Morgan fingerprint density at radius 1 is 1.33 bits per heavy atom. The molecular weight excluding hydrogens is 326 g/mol. The molecule has 2 N–H and O–H groups in total. The van der Waals surface area contributed by atoms with Crippen LogP contribution in [0.15, 0.2) is 6.07 Å². The lowest BCUT2D eigenvalue weighted by Crippen LogP contribution is -2.46. The minimum absolute atomic E-state index is 0.0603. The summed E-state index contributed by atoms with van der Waals surface area (Å²) in [4.78, 5) is 26.4. The predicted molar refractivity (Wildman–Crippen MR) is 96.8 cm³/mol. The maximum absolute atomic E-state index is 10.9. The zero-order valence-electron chi connectivity index (χ0n) is 13.9. The molecule has 0 radical (unpaired) electrons. The van der Waals surface area contributed by atoms with Crippen molar-refractivity contribution in [2.45, 2.75) is 19.8 Å². The second kappa shape index (κ2) is 7.76. The van der Waals surface area contributed by atoms with Crippen LogP contribution in [0.1, 0.15) is 18.2 Å². The van der Waals surface area contributed by atoms with Gasteiger partial charge in [-0.1, -0.05) is 13.3 Å². The number of fused-ring (bicyclic) bond motifs is 1. The largest absolute Gasteiger partial charge is 0.395 e. The summed E-state index contributed by atoms with van der Waals surface area (Å²) in [7, 11) is 0. The molecule has 1 aliphatic rings. The van der Waals surface area contributed by atoms with Gasteiger partial charge in [0.1, 0.15) is 10.6 Å². The van der Waals surface area contributed by atoms with E-state index in [9.17, 15) is 4.79 Å². The number of nitrogens with zero attached hydrogens (tertiary/aromatic N) is 4. The van der Waals surface area contributed by atoms with Crippen molar-refractivity contribution in [2.75, 3.05) is 49.5 Å². The normalized spacial score (nSPS) is 15.1. The number of aryl methyl sites for hydroxylation is 1. The van der Waals surface area contributed by atoms with Crippen molar-refractivity contribution in [1.29, 1.82) is 0 Å². The van der Waals surface area contributed by atoms with Gasteiger partial charge in [-0.3, -0.25) is 4.79 Å². The Bertz CT molecular complexity index is 697. The molecule has 1 fully saturated rings. The monoisotopic (exact) mass is 349 g/mol. The number of thiophene rings is 1. The number of anilines is 2. The van der Waals surface area contributed by atoms with Crippen LogP contribution in [0.4, 0.5) is 11.8 Å². The molecule has 24 heavy (non-hydrogen) atoms. The number of aromatic nitrogens is 2. The first-order chi connectivity index (χ1) is 11.7. The zero-order valence-corrected chi connectivity index (χ0v) is 14.7. The Morgan fingerprint density at radius 2 is 2.12 bits per heavy atom. The van der Waals surface area contributed by atoms with Gasteiger partial charge in [-0.2, -0.15) is 4.98 Å². The molecule has 0 bridgehead atoms. The second-order valence-electron chi connectivity index (χ2n) is 5.83. The van der Waals surface area contributed by atoms with E-state index in [2.05, 4.69) is 28.2 Å². The maximum Gasteiger partial charge on any atom is 0.228 e. The number of aliphatic hydroxyl groups is 1. The highest BCUT2D eigenvalue weighted by molar-refractivity contribution is 7.18. The van der Waals surface area contributed by atoms with E-state index in [1.165, 1.54) is 4.88 Å². The van der Waals surface area contributed by atoms with Gasteiger partial charge in [-0.05, 0) is 12.5 Å². The van der Waals surface area contributed by atoms with Crippen LogP contribution < -0.4 is 10.2 Å². The van der Waals surface area contributed by atoms with Crippen LogP contribution in [0.3, 0.4) is 0 Å². The lowest BCUT2D eigenvalue weighted by atomic mass is 10.2. The third kappa shape index (κ3) is 3.59. The average molecular weight is 349 g/mol. The average Bonchev–Trinajstić information content (AvgIpc) is 3.02. The summed E-state index contributed by atoms with van der Waals surface area (Å²) in [6.45, 7) is 5.53. The number of hydrogen-bond donors (Lipinski definition) is 2. The van der Waals surface area contributed by atoms with Crippen molar-refractivity contribution < 1.29 is 9.90 Å². The number of amides is 1. The van der Waals surface area contributed by atoms with Crippen LogP contribution >= 0.6 is 11.3 Å². The first-order valence-electron chi connectivity index (χ1n) is 8.34. The summed E-state index contributed by atoms with van der Waals surface area (Å²) in [5, 5.41) is 13.3. The summed E-state index contributed by atoms with van der Waals surface area (Å²) >= 11 is 1.71. The Kier molecular flexibility index (Phi) is 5.47. The van der Waals surface area contributed by atoms with Crippen LogP contribution in [0, 0.1) is 0 Å². The molecule has 7 nitrogen and oxygen atoms in total. The maximum atomic E-state index is 10.9. The smallest absolute Gasteiger partial charge is 0.228 e. The van der Waals surface area contributed by atoms with Gasteiger partial charge < -0.3 is 20.2 Å². The minimum atomic E-state index is 0.0603. The van der Waals surface area contributed by atoms with Gasteiger partial charge in [0.05, 0.1) is 12.0 Å². The highest BCUT2D eigenvalue weighted by Gasteiger charge is 2.20. The second-order valence-corrected chi connectivity index (χ2v) is 6.95. The standard InChI is InChI=1S/C16H23N5O2S/c1-2-3-12-10-13-14(17-4-9-22)18-16(19-15(13)24-12)21-7-5-20(11-23)6-8-21/h10-11,22H,2-9H2,1H3,(H,17,18,19). The molecule has 1 aliphatic heterocycles. The van der Waals surface area contributed by atoms with E-state index in [0.29, 0.717) is 25.6 Å². The number of nitrogens with one attached hydrogen (secondary N) is 1. The highest BCUT2D eigenvalue weighted by atomic mass is 32.1. The number of rotatable bonds is 7. The van der Waals surface area contributed by atoms with Crippen molar-refractivity contribution >= 4 is 39.7 Å². The molecule has 0 spiro atoms. The van der Waals surface area contributed by atoms with E-state index in [-0.39, 0.29) is 6.61 Å². The minimum Gasteiger partial charge on any atom is -0.395 e. The third-order valence-corrected chi connectivity index (χ3v) is 5.17. The van der Waals surface area contributed by atoms with Crippen LogP contribution in [0.2, 0.25) is 0 Å². The molecule has 0 unspecified atom stereocenters. The lowest BCUT2D eigenvalue weighted by molar-refractivity contribution is -0.118. The molecule has 2 aromatic rings.